The van der Waals surface area contributed by atoms with E-state index in [2.05, 4.69) is 26.0 Å². The van der Waals surface area contributed by atoms with Crippen LogP contribution in [0.2, 0.25) is 5.02 Å². The Morgan fingerprint density at radius 1 is 0.686 bits per heavy atom. The third kappa shape index (κ3) is 8.85. The first-order chi connectivity index (χ1) is 17.1. The van der Waals surface area contributed by atoms with Crippen molar-refractivity contribution in [3.05, 3.63) is 88.4 Å². The molecule has 0 N–H and O–H groups in total. The van der Waals surface area contributed by atoms with Crippen LogP contribution < -0.4 is 4.74 Å². The molecule has 0 spiro atoms. The normalized spacial score (nSPS) is 10.9. The number of carbonyl (C=O) groups is 1. The lowest BCUT2D eigenvalue weighted by molar-refractivity contribution is 0.0734. The van der Waals surface area contributed by atoms with Gasteiger partial charge in [-0.05, 0) is 78.3 Å². The van der Waals surface area contributed by atoms with Crippen LogP contribution in [-0.2, 0) is 12.8 Å². The summed E-state index contributed by atoms with van der Waals surface area (Å²) in [4.78, 5) is 12.6. The summed E-state index contributed by atoms with van der Waals surface area (Å²) >= 11 is 6.59. The average molecular weight is 491 g/mol. The molecule has 0 saturated heterocycles. The van der Waals surface area contributed by atoms with Crippen LogP contribution in [0.3, 0.4) is 0 Å². The van der Waals surface area contributed by atoms with E-state index in [1.54, 1.807) is 0 Å². The van der Waals surface area contributed by atoms with Crippen molar-refractivity contribution in [1.82, 2.24) is 0 Å². The highest BCUT2D eigenvalue weighted by atomic mass is 35.5. The van der Waals surface area contributed by atoms with Gasteiger partial charge in [0, 0.05) is 5.02 Å². The lowest BCUT2D eigenvalue weighted by atomic mass is 10.00. The Morgan fingerprint density at radius 3 is 1.97 bits per heavy atom. The minimum absolute atomic E-state index is 0.345. The largest absolute Gasteiger partial charge is 0.423 e. The summed E-state index contributed by atoms with van der Waals surface area (Å²) in [7, 11) is 0. The number of hydrogen-bond donors (Lipinski definition) is 0. The van der Waals surface area contributed by atoms with Gasteiger partial charge in [-0.2, -0.15) is 0 Å². The lowest BCUT2D eigenvalue weighted by Crippen LogP contribution is -2.08. The summed E-state index contributed by atoms with van der Waals surface area (Å²) in [6.07, 6.45) is 13.4. The molecule has 0 unspecified atom stereocenters. The first kappa shape index (κ1) is 27.0. The number of ether oxygens (including phenoxy) is 1. The quantitative estimate of drug-likeness (QED) is 0.128. The molecule has 0 aliphatic rings. The average Bonchev–Trinajstić information content (AvgIpc) is 2.88. The lowest BCUT2D eigenvalue weighted by Gasteiger charge is -2.09. The smallest absolute Gasteiger partial charge is 0.343 e. The molecule has 0 aliphatic carbocycles. The predicted octanol–water partition coefficient (Wildman–Crippen LogP) is 9.86. The number of carbonyl (C=O) groups excluding carboxylic acids is 1. The van der Waals surface area contributed by atoms with Crippen LogP contribution in [0.15, 0.2) is 66.7 Å². The van der Waals surface area contributed by atoms with E-state index in [-0.39, 0.29) is 5.97 Å². The maximum Gasteiger partial charge on any atom is 0.343 e. The minimum atomic E-state index is -0.345. The van der Waals surface area contributed by atoms with Crippen molar-refractivity contribution in [1.29, 1.82) is 0 Å². The van der Waals surface area contributed by atoms with Crippen LogP contribution in [0.5, 0.6) is 5.75 Å². The molecule has 0 heterocycles. The minimum Gasteiger partial charge on any atom is -0.423 e. The Labute approximate surface area is 216 Å². The predicted molar refractivity (Wildman–Crippen MR) is 149 cm³/mol. The van der Waals surface area contributed by atoms with Crippen LogP contribution in [0.25, 0.3) is 11.1 Å². The van der Waals surface area contributed by atoms with Crippen molar-refractivity contribution in [2.45, 2.75) is 84.5 Å². The van der Waals surface area contributed by atoms with E-state index < -0.39 is 0 Å². The van der Waals surface area contributed by atoms with Gasteiger partial charge in [0.05, 0.1) is 5.56 Å². The second kappa shape index (κ2) is 14.7. The van der Waals surface area contributed by atoms with E-state index in [9.17, 15) is 4.79 Å². The second-order valence-corrected chi connectivity index (χ2v) is 9.80. The monoisotopic (exact) mass is 490 g/mol. The van der Waals surface area contributed by atoms with Gasteiger partial charge >= 0.3 is 5.97 Å². The number of esters is 1. The van der Waals surface area contributed by atoms with Crippen molar-refractivity contribution in [3.8, 4) is 16.9 Å². The summed E-state index contributed by atoms with van der Waals surface area (Å²) in [6.45, 7) is 4.45. The van der Waals surface area contributed by atoms with Gasteiger partial charge in [0.1, 0.15) is 5.75 Å². The zero-order chi connectivity index (χ0) is 24.9. The second-order valence-electron chi connectivity index (χ2n) is 9.39. The molecule has 0 fully saturated rings. The van der Waals surface area contributed by atoms with Crippen LogP contribution in [-0.4, -0.2) is 5.97 Å². The van der Waals surface area contributed by atoms with E-state index in [4.69, 9.17) is 16.3 Å². The van der Waals surface area contributed by atoms with E-state index in [0.29, 0.717) is 11.3 Å². The molecule has 3 heteroatoms. The van der Waals surface area contributed by atoms with Crippen LogP contribution >= 0.6 is 11.6 Å². The number of aryl methyl sites for hydroxylation is 2. The maximum atomic E-state index is 12.6. The van der Waals surface area contributed by atoms with Gasteiger partial charge in [0.25, 0.3) is 0 Å². The number of halogens is 1. The number of rotatable bonds is 14. The van der Waals surface area contributed by atoms with Gasteiger partial charge in [0.15, 0.2) is 0 Å². The van der Waals surface area contributed by atoms with Crippen molar-refractivity contribution in [2.75, 3.05) is 0 Å². The fourth-order valence-electron chi connectivity index (χ4n) is 4.29. The zero-order valence-corrected chi connectivity index (χ0v) is 22.1. The Bertz CT molecular complexity index is 1040. The van der Waals surface area contributed by atoms with E-state index in [1.807, 2.05) is 54.6 Å². The fourth-order valence-corrected chi connectivity index (χ4v) is 4.57. The van der Waals surface area contributed by atoms with Crippen LogP contribution in [0, 0.1) is 0 Å². The van der Waals surface area contributed by atoms with Crippen molar-refractivity contribution in [3.63, 3.8) is 0 Å². The molecule has 2 nitrogen and oxygen atoms in total. The molecular formula is C32H39ClO2. The SMILES string of the molecule is CCCCCCCCc1ccc(-c2ccc(C(=O)Oc3ccc(CCCCC)cc3)cc2)cc1Cl. The Hall–Kier alpha value is -2.58. The van der Waals surface area contributed by atoms with Crippen LogP contribution in [0.4, 0.5) is 0 Å². The molecule has 0 amide bonds. The third-order valence-electron chi connectivity index (χ3n) is 6.51. The van der Waals surface area contributed by atoms with Gasteiger partial charge in [-0.25, -0.2) is 4.79 Å². The Balaban J connectivity index is 1.53. The summed E-state index contributed by atoms with van der Waals surface area (Å²) in [6, 6.07) is 21.7. The Morgan fingerprint density at radius 2 is 1.29 bits per heavy atom. The summed E-state index contributed by atoms with van der Waals surface area (Å²) in [5, 5.41) is 0.817. The van der Waals surface area contributed by atoms with Gasteiger partial charge in [0.2, 0.25) is 0 Å². The standard InChI is InChI=1S/C32H39ClO2/c1-3-5-7-8-9-11-13-27-18-21-29(24-31(27)33)26-16-19-28(20-17-26)32(34)35-30-22-14-25(15-23-30)12-10-6-4-2/h14-24H,3-13H2,1-2H3. The van der Waals surface area contributed by atoms with Gasteiger partial charge in [-0.3, -0.25) is 0 Å². The summed E-state index contributed by atoms with van der Waals surface area (Å²) < 4.78 is 5.57. The molecule has 3 rings (SSSR count). The molecule has 0 saturated carbocycles. The van der Waals surface area contributed by atoms with Gasteiger partial charge in [-0.1, -0.05) is 107 Å². The van der Waals surface area contributed by atoms with E-state index in [0.717, 1.165) is 29.0 Å². The molecule has 0 bridgehead atoms. The van der Waals surface area contributed by atoms with Gasteiger partial charge < -0.3 is 4.74 Å². The van der Waals surface area contributed by atoms with E-state index >= 15 is 0 Å². The third-order valence-corrected chi connectivity index (χ3v) is 6.86. The maximum absolute atomic E-state index is 12.6. The zero-order valence-electron chi connectivity index (χ0n) is 21.3. The van der Waals surface area contributed by atoms with Crippen molar-refractivity contribution < 1.29 is 9.53 Å². The highest BCUT2D eigenvalue weighted by molar-refractivity contribution is 6.31. The molecule has 0 atom stereocenters. The number of unbranched alkanes of at least 4 members (excludes halogenated alkanes) is 7. The molecule has 0 aliphatic heterocycles. The molecule has 3 aromatic carbocycles. The molecule has 35 heavy (non-hydrogen) atoms. The first-order valence-electron chi connectivity index (χ1n) is 13.3. The molecule has 3 aromatic rings. The highest BCUT2D eigenvalue weighted by Crippen LogP contribution is 2.27. The molecule has 0 aromatic heterocycles. The number of benzene rings is 3. The summed E-state index contributed by atoms with van der Waals surface area (Å²) in [5.41, 5.74) is 5.11. The molecule has 186 valence electrons. The molecule has 0 radical (unpaired) electrons. The summed E-state index contributed by atoms with van der Waals surface area (Å²) in [5.74, 6) is 0.230. The highest BCUT2D eigenvalue weighted by Gasteiger charge is 2.10. The Kier molecular flexibility index (Phi) is 11.4. The molecular weight excluding hydrogens is 452 g/mol. The number of hydrogen-bond acceptors (Lipinski definition) is 2. The van der Waals surface area contributed by atoms with Crippen molar-refractivity contribution >= 4 is 17.6 Å². The fraction of sp³-hybridized carbons (Fsp3) is 0.406. The van der Waals surface area contributed by atoms with E-state index in [1.165, 1.54) is 68.9 Å². The first-order valence-corrected chi connectivity index (χ1v) is 13.7. The van der Waals surface area contributed by atoms with Gasteiger partial charge in [-0.15, -0.1) is 0 Å². The topological polar surface area (TPSA) is 26.3 Å². The van der Waals surface area contributed by atoms with Crippen LogP contribution in [0.1, 0.15) is 93.1 Å². The van der Waals surface area contributed by atoms with Crippen molar-refractivity contribution in [2.24, 2.45) is 0 Å².